The Morgan fingerprint density at radius 1 is 1.00 bits per heavy atom. The molecular formula is C24H40N4O6. The molecule has 1 unspecified atom stereocenters. The molecule has 0 aliphatic heterocycles. The van der Waals surface area contributed by atoms with Crippen LogP contribution in [0.2, 0.25) is 0 Å². The first kappa shape index (κ1) is 29.7. The van der Waals surface area contributed by atoms with Gasteiger partial charge in [0.25, 0.3) is 0 Å². The summed E-state index contributed by atoms with van der Waals surface area (Å²) in [6, 6.07) is 5.16. The minimum Gasteiger partial charge on any atom is -0.379 e. The number of hydrogen-bond donors (Lipinski definition) is 2. The predicted octanol–water partition coefficient (Wildman–Crippen LogP) is 0.836. The van der Waals surface area contributed by atoms with Crippen LogP contribution < -0.4 is 16.7 Å². The second-order valence-corrected chi connectivity index (χ2v) is 7.71. The number of carbonyl (C=O) groups is 2. The van der Waals surface area contributed by atoms with E-state index in [4.69, 9.17) is 19.9 Å². The van der Waals surface area contributed by atoms with E-state index in [2.05, 4.69) is 5.32 Å². The summed E-state index contributed by atoms with van der Waals surface area (Å²) in [4.78, 5) is 34.8. The van der Waals surface area contributed by atoms with Crippen LogP contribution in [-0.4, -0.2) is 82.0 Å². The van der Waals surface area contributed by atoms with E-state index in [-0.39, 0.29) is 12.1 Å². The lowest BCUT2D eigenvalue weighted by Crippen LogP contribution is -2.27. The first-order valence-electron chi connectivity index (χ1n) is 11.7. The van der Waals surface area contributed by atoms with Gasteiger partial charge in [-0.15, -0.1) is 0 Å². The molecular weight excluding hydrogens is 440 g/mol. The van der Waals surface area contributed by atoms with E-state index in [1.165, 1.54) is 4.57 Å². The van der Waals surface area contributed by atoms with E-state index in [9.17, 15) is 14.4 Å². The third-order valence-corrected chi connectivity index (χ3v) is 4.98. The number of benzene rings is 1. The molecule has 0 aliphatic rings. The fourth-order valence-electron chi connectivity index (χ4n) is 3.39. The van der Waals surface area contributed by atoms with E-state index in [0.29, 0.717) is 58.1 Å². The van der Waals surface area contributed by atoms with Crippen molar-refractivity contribution in [3.8, 4) is 0 Å². The number of hydrogen-bond acceptors (Lipinski definition) is 8. The van der Waals surface area contributed by atoms with Crippen molar-refractivity contribution in [2.24, 2.45) is 12.8 Å². The van der Waals surface area contributed by atoms with Crippen LogP contribution in [0, 0.1) is 0 Å². The summed E-state index contributed by atoms with van der Waals surface area (Å²) < 4.78 is 19.2. The molecule has 1 atom stereocenters. The van der Waals surface area contributed by atoms with Gasteiger partial charge in [-0.3, -0.25) is 9.13 Å². The molecule has 2 aromatic rings. The monoisotopic (exact) mass is 480 g/mol. The summed E-state index contributed by atoms with van der Waals surface area (Å²) in [6.45, 7) is 3.79. The Balaban J connectivity index is 0.00000182. The van der Waals surface area contributed by atoms with Gasteiger partial charge in [-0.05, 0) is 51.1 Å². The van der Waals surface area contributed by atoms with Crippen molar-refractivity contribution in [1.29, 1.82) is 0 Å². The molecule has 0 bridgehead atoms. The van der Waals surface area contributed by atoms with Gasteiger partial charge >= 0.3 is 5.69 Å². The number of nitrogens with two attached hydrogens (primary N) is 1. The average Bonchev–Trinajstić information content (AvgIpc) is 3.08. The molecule has 2 rings (SSSR count). The second-order valence-electron chi connectivity index (χ2n) is 7.71. The maximum Gasteiger partial charge on any atom is 0.329 e. The van der Waals surface area contributed by atoms with Gasteiger partial charge < -0.3 is 34.9 Å². The van der Waals surface area contributed by atoms with Crippen LogP contribution in [0.1, 0.15) is 30.9 Å². The van der Waals surface area contributed by atoms with Crippen molar-refractivity contribution in [3.05, 3.63) is 34.2 Å². The summed E-state index contributed by atoms with van der Waals surface area (Å²) in [5, 5.41) is 2.75. The molecule has 34 heavy (non-hydrogen) atoms. The lowest BCUT2D eigenvalue weighted by molar-refractivity contribution is -0.111. The molecule has 0 radical (unpaired) electrons. The smallest absolute Gasteiger partial charge is 0.329 e. The molecule has 0 aliphatic carbocycles. The van der Waals surface area contributed by atoms with Crippen molar-refractivity contribution in [1.82, 2.24) is 14.5 Å². The Hall–Kier alpha value is -2.37. The highest BCUT2D eigenvalue weighted by atomic mass is 16.5. The van der Waals surface area contributed by atoms with Crippen molar-refractivity contribution in [2.45, 2.75) is 31.7 Å². The van der Waals surface area contributed by atoms with Gasteiger partial charge in [0, 0.05) is 26.6 Å². The number of nitrogens with one attached hydrogen (secondary N) is 1. The van der Waals surface area contributed by atoms with E-state index in [1.54, 1.807) is 11.6 Å². The molecule has 0 fully saturated rings. The van der Waals surface area contributed by atoms with Crippen molar-refractivity contribution >= 4 is 23.6 Å². The van der Waals surface area contributed by atoms with Crippen LogP contribution in [0.4, 0.5) is 0 Å². The third-order valence-electron chi connectivity index (χ3n) is 4.98. The highest BCUT2D eigenvalue weighted by Gasteiger charge is 2.18. The fourth-order valence-corrected chi connectivity index (χ4v) is 3.39. The predicted molar refractivity (Wildman–Crippen MR) is 132 cm³/mol. The van der Waals surface area contributed by atoms with Crippen LogP contribution in [0.3, 0.4) is 0 Å². The number of aldehydes is 2. The first-order valence-corrected chi connectivity index (χ1v) is 11.7. The molecule has 0 amide bonds. The molecule has 3 N–H and O–H groups in total. The molecule has 192 valence electrons. The molecule has 1 aromatic carbocycles. The maximum atomic E-state index is 12.7. The number of aryl methyl sites for hydroxylation is 2. The number of nitrogens with zero attached hydrogens (tertiary/aromatic N) is 2. The summed E-state index contributed by atoms with van der Waals surface area (Å²) in [6.07, 6.45) is 3.69. The Labute approximate surface area is 201 Å². The van der Waals surface area contributed by atoms with Gasteiger partial charge in [-0.2, -0.15) is 0 Å². The fraction of sp³-hybridized carbons (Fsp3) is 0.625. The van der Waals surface area contributed by atoms with E-state index >= 15 is 0 Å². The zero-order chi connectivity index (χ0) is 25.2. The zero-order valence-electron chi connectivity index (χ0n) is 20.7. The Morgan fingerprint density at radius 3 is 2.21 bits per heavy atom. The lowest BCUT2D eigenvalue weighted by Gasteiger charge is -2.11. The lowest BCUT2D eigenvalue weighted by atomic mass is 10.1. The summed E-state index contributed by atoms with van der Waals surface area (Å²) >= 11 is 0. The number of fused-ring (bicyclic) bond motifs is 1. The van der Waals surface area contributed by atoms with Gasteiger partial charge in [-0.25, -0.2) is 4.79 Å². The second kappa shape index (κ2) is 18.0. The molecule has 0 spiro atoms. The van der Waals surface area contributed by atoms with Gasteiger partial charge in [-0.1, -0.05) is 6.07 Å². The van der Waals surface area contributed by atoms with Gasteiger partial charge in [0.05, 0.1) is 50.1 Å². The van der Waals surface area contributed by atoms with Crippen LogP contribution in [0.5, 0.6) is 0 Å². The normalized spacial score (nSPS) is 11.8. The summed E-state index contributed by atoms with van der Waals surface area (Å²) in [5.74, 6) is 0. The molecule has 10 heteroatoms. The Morgan fingerprint density at radius 2 is 1.62 bits per heavy atom. The van der Waals surface area contributed by atoms with E-state index in [1.807, 2.05) is 32.3 Å². The van der Waals surface area contributed by atoms with Gasteiger partial charge in [0.15, 0.2) is 0 Å². The third kappa shape index (κ3) is 9.86. The Kier molecular flexibility index (Phi) is 15.7. The van der Waals surface area contributed by atoms with E-state index in [0.717, 1.165) is 36.5 Å². The topological polar surface area (TPSA) is 127 Å². The van der Waals surface area contributed by atoms with Gasteiger partial charge in [0.2, 0.25) is 0 Å². The van der Waals surface area contributed by atoms with Crippen LogP contribution in [0.15, 0.2) is 23.0 Å². The van der Waals surface area contributed by atoms with E-state index < -0.39 is 6.04 Å². The number of imidazole rings is 1. The number of ether oxygens (including phenoxy) is 3. The highest BCUT2D eigenvalue weighted by molar-refractivity contribution is 5.78. The van der Waals surface area contributed by atoms with Crippen LogP contribution in [-0.2, 0) is 37.3 Å². The average molecular weight is 481 g/mol. The standard InChI is InChI=1S/C22H33N3O6.C2H7N/c1-24-21-16-18(4-3-10-29-12-14-31-15-13-30-11-8-23)6-7-20(21)25(22(24)28)19(17-27)5-2-9-26;1-3-2/h6-7,9,16-17,19H,2-5,8,10-15,23H2,1H3;3H,1-2H3. The maximum absolute atomic E-state index is 12.7. The molecule has 0 saturated carbocycles. The van der Waals surface area contributed by atoms with Crippen molar-refractivity contribution in [2.75, 3.05) is 60.3 Å². The number of rotatable bonds is 17. The molecule has 10 nitrogen and oxygen atoms in total. The van der Waals surface area contributed by atoms with Gasteiger partial charge in [0.1, 0.15) is 12.6 Å². The number of carbonyl (C=O) groups excluding carboxylic acids is 2. The zero-order valence-corrected chi connectivity index (χ0v) is 20.7. The SMILES string of the molecule is CNC.Cn1c(=O)n(C(C=O)CCC=O)c2ccc(CCCOCCOCCOCCN)cc21. The van der Waals surface area contributed by atoms with Crippen LogP contribution >= 0.6 is 0 Å². The minimum atomic E-state index is -0.643. The minimum absolute atomic E-state index is 0.234. The van der Waals surface area contributed by atoms with Crippen molar-refractivity contribution in [3.63, 3.8) is 0 Å². The first-order chi connectivity index (χ1) is 16.5. The molecule has 1 heterocycles. The van der Waals surface area contributed by atoms with Crippen LogP contribution in [0.25, 0.3) is 11.0 Å². The largest absolute Gasteiger partial charge is 0.379 e. The quantitative estimate of drug-likeness (QED) is 0.252. The summed E-state index contributed by atoms with van der Waals surface area (Å²) in [5.41, 5.74) is 7.63. The van der Waals surface area contributed by atoms with Crippen molar-refractivity contribution < 1.29 is 23.8 Å². The molecule has 0 saturated heterocycles. The molecule has 1 aromatic heterocycles. The summed E-state index contributed by atoms with van der Waals surface area (Å²) in [7, 11) is 5.44. The highest BCUT2D eigenvalue weighted by Crippen LogP contribution is 2.20. The number of aromatic nitrogens is 2. The Bertz CT molecular complexity index is 895.